The number of hydrogen-bond donors (Lipinski definition) is 0. The molecule has 19 heavy (non-hydrogen) atoms. The quantitative estimate of drug-likeness (QED) is 0.806. The first-order valence-corrected chi connectivity index (χ1v) is 6.58. The van der Waals surface area contributed by atoms with Crippen molar-refractivity contribution in [1.29, 1.82) is 0 Å². The molecule has 5 heteroatoms. The number of para-hydroxylation sites is 1. The van der Waals surface area contributed by atoms with E-state index in [4.69, 9.17) is 4.74 Å². The molecule has 0 aliphatic heterocycles. The summed E-state index contributed by atoms with van der Waals surface area (Å²) in [5.74, 6) is -0.735. The zero-order valence-electron chi connectivity index (χ0n) is 10.4. The van der Waals surface area contributed by atoms with E-state index in [9.17, 15) is 9.59 Å². The van der Waals surface area contributed by atoms with Crippen molar-refractivity contribution in [3.8, 4) is 0 Å². The zero-order valence-corrected chi connectivity index (χ0v) is 11.2. The molecule has 0 aliphatic rings. The molecule has 0 atom stereocenters. The Morgan fingerprint density at radius 2 is 1.89 bits per heavy atom. The van der Waals surface area contributed by atoms with Crippen LogP contribution in [0.5, 0.6) is 0 Å². The molecule has 0 N–H and O–H groups in total. The van der Waals surface area contributed by atoms with Crippen LogP contribution in [-0.2, 0) is 9.53 Å². The molecular formula is C14H13NO3S. The Balaban J connectivity index is 1.90. The van der Waals surface area contributed by atoms with Gasteiger partial charge in [-0.1, -0.05) is 24.3 Å². The van der Waals surface area contributed by atoms with E-state index in [-0.39, 0.29) is 12.5 Å². The molecule has 0 radical (unpaired) electrons. The molecule has 2 aromatic rings. The molecule has 0 unspecified atom stereocenters. The van der Waals surface area contributed by atoms with Crippen LogP contribution in [0.2, 0.25) is 0 Å². The molecule has 1 amide bonds. The van der Waals surface area contributed by atoms with Crippen LogP contribution in [0, 0.1) is 0 Å². The fourth-order valence-corrected chi connectivity index (χ4v) is 2.10. The van der Waals surface area contributed by atoms with E-state index >= 15 is 0 Å². The van der Waals surface area contributed by atoms with E-state index in [0.29, 0.717) is 4.88 Å². The minimum absolute atomic E-state index is 0.262. The summed E-state index contributed by atoms with van der Waals surface area (Å²) in [4.78, 5) is 25.4. The third-order valence-electron chi connectivity index (χ3n) is 2.57. The number of likely N-dealkylation sites (N-methyl/N-ethyl adjacent to an activating group) is 1. The largest absolute Gasteiger partial charge is 0.451 e. The highest BCUT2D eigenvalue weighted by atomic mass is 32.1. The van der Waals surface area contributed by atoms with Gasteiger partial charge in [0.25, 0.3) is 5.91 Å². The Morgan fingerprint density at radius 3 is 2.53 bits per heavy atom. The number of nitrogens with zero attached hydrogens (tertiary/aromatic N) is 1. The molecular weight excluding hydrogens is 262 g/mol. The molecule has 0 saturated heterocycles. The second kappa shape index (κ2) is 6.15. The molecule has 0 spiro atoms. The summed E-state index contributed by atoms with van der Waals surface area (Å²) in [5.41, 5.74) is 0.764. The SMILES string of the molecule is CN(C(=O)COC(=O)c1cccs1)c1ccccc1. The third kappa shape index (κ3) is 3.42. The van der Waals surface area contributed by atoms with Gasteiger partial charge in [-0.05, 0) is 23.6 Å². The molecule has 0 bridgehead atoms. The number of rotatable bonds is 4. The molecule has 0 aliphatic carbocycles. The van der Waals surface area contributed by atoms with Gasteiger partial charge in [0.1, 0.15) is 4.88 Å². The van der Waals surface area contributed by atoms with E-state index in [1.807, 2.05) is 30.3 Å². The fraction of sp³-hybridized carbons (Fsp3) is 0.143. The van der Waals surface area contributed by atoms with Gasteiger partial charge in [0.05, 0.1) is 0 Å². The molecule has 0 fully saturated rings. The van der Waals surface area contributed by atoms with E-state index in [2.05, 4.69) is 0 Å². The number of carbonyl (C=O) groups is 2. The van der Waals surface area contributed by atoms with Crippen LogP contribution in [0.25, 0.3) is 0 Å². The van der Waals surface area contributed by atoms with Gasteiger partial charge in [-0.2, -0.15) is 0 Å². The smallest absolute Gasteiger partial charge is 0.348 e. The molecule has 1 aromatic heterocycles. The average Bonchev–Trinajstić information content (AvgIpc) is 2.98. The van der Waals surface area contributed by atoms with Crippen molar-refractivity contribution in [2.24, 2.45) is 0 Å². The topological polar surface area (TPSA) is 46.6 Å². The first kappa shape index (κ1) is 13.3. The average molecular weight is 275 g/mol. The van der Waals surface area contributed by atoms with Crippen molar-refractivity contribution in [2.45, 2.75) is 0 Å². The summed E-state index contributed by atoms with van der Waals surface area (Å²) in [6.07, 6.45) is 0. The van der Waals surface area contributed by atoms with Gasteiger partial charge in [0.15, 0.2) is 6.61 Å². The predicted octanol–water partition coefficient (Wildman–Crippen LogP) is 2.57. The Morgan fingerprint density at radius 1 is 1.16 bits per heavy atom. The number of ether oxygens (including phenoxy) is 1. The lowest BCUT2D eigenvalue weighted by atomic mass is 10.3. The number of thiophene rings is 1. The second-order valence-electron chi connectivity index (χ2n) is 3.84. The summed E-state index contributed by atoms with van der Waals surface area (Å²) in [5, 5.41) is 1.79. The first-order chi connectivity index (χ1) is 9.18. The number of esters is 1. The summed E-state index contributed by atoms with van der Waals surface area (Å²) < 4.78 is 4.97. The van der Waals surface area contributed by atoms with E-state index < -0.39 is 5.97 Å². The maximum Gasteiger partial charge on any atom is 0.348 e. The van der Waals surface area contributed by atoms with Gasteiger partial charge >= 0.3 is 5.97 Å². The first-order valence-electron chi connectivity index (χ1n) is 5.70. The van der Waals surface area contributed by atoms with E-state index in [1.165, 1.54) is 16.2 Å². The normalized spacial score (nSPS) is 9.95. The Hall–Kier alpha value is -2.14. The number of carbonyl (C=O) groups excluding carboxylic acids is 2. The highest BCUT2D eigenvalue weighted by molar-refractivity contribution is 7.11. The third-order valence-corrected chi connectivity index (χ3v) is 3.42. The van der Waals surface area contributed by atoms with Gasteiger partial charge < -0.3 is 9.64 Å². The van der Waals surface area contributed by atoms with E-state index in [1.54, 1.807) is 24.6 Å². The monoisotopic (exact) mass is 275 g/mol. The fourth-order valence-electron chi connectivity index (χ4n) is 1.49. The van der Waals surface area contributed by atoms with Crippen LogP contribution in [0.3, 0.4) is 0 Å². The maximum atomic E-state index is 11.9. The van der Waals surface area contributed by atoms with Crippen LogP contribution in [0.15, 0.2) is 47.8 Å². The predicted molar refractivity (Wildman–Crippen MR) is 74.5 cm³/mol. The minimum atomic E-state index is -0.468. The summed E-state index contributed by atoms with van der Waals surface area (Å²) in [7, 11) is 1.65. The van der Waals surface area contributed by atoms with Crippen molar-refractivity contribution in [3.05, 3.63) is 52.7 Å². The van der Waals surface area contributed by atoms with Crippen molar-refractivity contribution in [2.75, 3.05) is 18.6 Å². The molecule has 2 rings (SSSR count). The zero-order chi connectivity index (χ0) is 13.7. The Labute approximate surface area is 115 Å². The Bertz CT molecular complexity index is 551. The lowest BCUT2D eigenvalue weighted by Crippen LogP contribution is -2.30. The van der Waals surface area contributed by atoms with Crippen LogP contribution in [0.1, 0.15) is 9.67 Å². The standard InChI is InChI=1S/C14H13NO3S/c1-15(11-6-3-2-4-7-11)13(16)10-18-14(17)12-8-5-9-19-12/h2-9H,10H2,1H3. The molecule has 1 heterocycles. The van der Waals surface area contributed by atoms with Gasteiger partial charge in [-0.15, -0.1) is 11.3 Å². The van der Waals surface area contributed by atoms with Gasteiger partial charge in [0.2, 0.25) is 0 Å². The molecule has 98 valence electrons. The molecule has 4 nitrogen and oxygen atoms in total. The van der Waals surface area contributed by atoms with Crippen molar-refractivity contribution < 1.29 is 14.3 Å². The second-order valence-corrected chi connectivity index (χ2v) is 4.79. The van der Waals surface area contributed by atoms with E-state index in [0.717, 1.165) is 5.69 Å². The lowest BCUT2D eigenvalue weighted by Gasteiger charge is -2.16. The number of amides is 1. The van der Waals surface area contributed by atoms with Crippen molar-refractivity contribution >= 4 is 28.9 Å². The van der Waals surface area contributed by atoms with Crippen molar-refractivity contribution in [3.63, 3.8) is 0 Å². The van der Waals surface area contributed by atoms with Crippen LogP contribution >= 0.6 is 11.3 Å². The number of anilines is 1. The lowest BCUT2D eigenvalue weighted by molar-refractivity contribution is -0.121. The number of benzene rings is 1. The number of hydrogen-bond acceptors (Lipinski definition) is 4. The molecule has 0 saturated carbocycles. The molecule has 1 aromatic carbocycles. The summed E-state index contributed by atoms with van der Waals surface area (Å²) in [6, 6.07) is 12.6. The van der Waals surface area contributed by atoms with Crippen LogP contribution in [0.4, 0.5) is 5.69 Å². The minimum Gasteiger partial charge on any atom is -0.451 e. The summed E-state index contributed by atoms with van der Waals surface area (Å²) >= 11 is 1.29. The highest BCUT2D eigenvalue weighted by Crippen LogP contribution is 2.12. The van der Waals surface area contributed by atoms with Gasteiger partial charge in [-0.25, -0.2) is 4.79 Å². The summed E-state index contributed by atoms with van der Waals surface area (Å²) in [6.45, 7) is -0.262. The van der Waals surface area contributed by atoms with Crippen molar-refractivity contribution in [1.82, 2.24) is 0 Å². The van der Waals surface area contributed by atoms with Crippen LogP contribution in [-0.4, -0.2) is 25.5 Å². The highest BCUT2D eigenvalue weighted by Gasteiger charge is 2.14. The van der Waals surface area contributed by atoms with Gasteiger partial charge in [0, 0.05) is 12.7 Å². The van der Waals surface area contributed by atoms with Crippen LogP contribution < -0.4 is 4.90 Å². The van der Waals surface area contributed by atoms with Gasteiger partial charge in [-0.3, -0.25) is 4.79 Å². The maximum absolute atomic E-state index is 11.9. The Kier molecular flexibility index (Phi) is 4.30.